The first kappa shape index (κ1) is 21.5. The third kappa shape index (κ3) is 4.65. The van der Waals surface area contributed by atoms with E-state index in [1.54, 1.807) is 67.6 Å². The van der Waals surface area contributed by atoms with E-state index in [1.165, 1.54) is 18.7 Å². The molecule has 8 heteroatoms. The van der Waals surface area contributed by atoms with Crippen LogP contribution in [0.25, 0.3) is 0 Å². The Morgan fingerprint density at radius 1 is 0.968 bits per heavy atom. The molecule has 31 heavy (non-hydrogen) atoms. The second-order valence-electron chi connectivity index (χ2n) is 7.38. The number of carbonyl (C=O) groups excluding carboxylic acids is 2. The van der Waals surface area contributed by atoms with Crippen LogP contribution < -0.4 is 0 Å². The molecule has 0 radical (unpaired) electrons. The van der Waals surface area contributed by atoms with Crippen molar-refractivity contribution in [1.29, 1.82) is 0 Å². The molecule has 6 atom stereocenters. The molecule has 2 heterocycles. The number of halogens is 1. The molecule has 4 rings (SSSR count). The number of hydrogen-bond acceptors (Lipinski definition) is 7. The quantitative estimate of drug-likeness (QED) is 0.649. The predicted octanol–water partition coefficient (Wildman–Crippen LogP) is 4.05. The zero-order chi connectivity index (χ0) is 22.0. The lowest BCUT2D eigenvalue weighted by Crippen LogP contribution is -2.60. The minimum atomic E-state index is -1.46. The van der Waals surface area contributed by atoms with Crippen molar-refractivity contribution in [2.45, 2.75) is 49.8 Å². The predicted molar refractivity (Wildman–Crippen MR) is 115 cm³/mol. The van der Waals surface area contributed by atoms with E-state index in [9.17, 15) is 14.0 Å². The van der Waals surface area contributed by atoms with Crippen molar-refractivity contribution in [3.63, 3.8) is 0 Å². The van der Waals surface area contributed by atoms with Gasteiger partial charge < -0.3 is 14.2 Å². The lowest BCUT2D eigenvalue weighted by molar-refractivity contribution is -0.174. The summed E-state index contributed by atoms with van der Waals surface area (Å²) in [7, 11) is 0. The highest BCUT2D eigenvalue weighted by molar-refractivity contribution is 8.14. The summed E-state index contributed by atoms with van der Waals surface area (Å²) in [5.74, 6) is -1.24. The molecule has 1 fully saturated rings. The number of ether oxygens (including phenoxy) is 3. The van der Waals surface area contributed by atoms with E-state index >= 15 is 0 Å². The van der Waals surface area contributed by atoms with E-state index < -0.39 is 47.9 Å². The molecule has 0 bridgehead atoms. The monoisotopic (exact) mass is 443 g/mol. The lowest BCUT2D eigenvalue weighted by atomic mass is 9.95. The Morgan fingerprint density at radius 2 is 1.48 bits per heavy atom. The van der Waals surface area contributed by atoms with Gasteiger partial charge in [0.25, 0.3) is 0 Å². The molecular weight excluding hydrogens is 421 g/mol. The fourth-order valence-corrected chi connectivity index (χ4v) is 4.72. The van der Waals surface area contributed by atoms with Crippen LogP contribution in [0.3, 0.4) is 0 Å². The number of carbonyl (C=O) groups is 2. The Bertz CT molecular complexity index is 968. The van der Waals surface area contributed by atoms with Gasteiger partial charge in [0.2, 0.25) is 0 Å². The maximum Gasteiger partial charge on any atom is 0.338 e. The molecule has 2 aliphatic heterocycles. The number of benzene rings is 2. The zero-order valence-electron chi connectivity index (χ0n) is 17.0. The van der Waals surface area contributed by atoms with Crippen molar-refractivity contribution in [1.82, 2.24) is 0 Å². The molecule has 0 aromatic heterocycles. The molecule has 0 saturated carbocycles. The van der Waals surface area contributed by atoms with Crippen molar-refractivity contribution in [2.75, 3.05) is 0 Å². The normalized spacial score (nSPS) is 28.2. The molecule has 162 valence electrons. The molecule has 2 aromatic rings. The van der Waals surface area contributed by atoms with Gasteiger partial charge in [-0.1, -0.05) is 48.2 Å². The van der Waals surface area contributed by atoms with E-state index in [0.29, 0.717) is 11.1 Å². The number of thioether (sulfide) groups is 1. The summed E-state index contributed by atoms with van der Waals surface area (Å²) in [6.07, 6.45) is -4.71. The van der Waals surface area contributed by atoms with Gasteiger partial charge in [-0.05, 0) is 38.1 Å². The summed E-state index contributed by atoms with van der Waals surface area (Å²) in [4.78, 5) is 30.1. The smallest absolute Gasteiger partial charge is 0.338 e. The maximum absolute atomic E-state index is 14.6. The highest BCUT2D eigenvalue weighted by atomic mass is 32.2. The zero-order valence-corrected chi connectivity index (χ0v) is 17.8. The van der Waals surface area contributed by atoms with E-state index in [-0.39, 0.29) is 0 Å². The molecule has 0 N–H and O–H groups in total. The second kappa shape index (κ2) is 9.20. The standard InChI is InChI=1S/C23H22FNO5S/c1-13(24)18-20(29-22(27)16-11-7-4-8-12-16)19(17-23(30-18)31-14(2)25-17)28-21(26)15-9-5-3-6-10-15/h3-13,17-20,23H,1-2H3/t13?,17-,18-,19-,20-,23-/m1/s1. The number of alkyl halides is 1. The van der Waals surface area contributed by atoms with Gasteiger partial charge in [-0.3, -0.25) is 4.99 Å². The molecule has 6 nitrogen and oxygen atoms in total. The first-order valence-electron chi connectivity index (χ1n) is 9.96. The van der Waals surface area contributed by atoms with Gasteiger partial charge in [0.05, 0.1) is 16.2 Å². The highest BCUT2D eigenvalue weighted by Crippen LogP contribution is 2.40. The van der Waals surface area contributed by atoms with Gasteiger partial charge in [0.1, 0.15) is 23.8 Å². The third-order valence-corrected chi connectivity index (χ3v) is 6.20. The number of aliphatic imine (C=N–C) groups is 1. The fourth-order valence-electron chi connectivity index (χ4n) is 3.66. The minimum Gasteiger partial charge on any atom is -0.452 e. The van der Waals surface area contributed by atoms with Crippen LogP contribution in [0.5, 0.6) is 0 Å². The van der Waals surface area contributed by atoms with Crippen LogP contribution in [-0.4, -0.2) is 52.9 Å². The summed E-state index contributed by atoms with van der Waals surface area (Å²) >= 11 is 1.34. The van der Waals surface area contributed by atoms with Crippen LogP contribution in [0.15, 0.2) is 65.7 Å². The van der Waals surface area contributed by atoms with E-state index in [2.05, 4.69) is 4.99 Å². The van der Waals surface area contributed by atoms with Crippen molar-refractivity contribution < 1.29 is 28.2 Å². The van der Waals surface area contributed by atoms with E-state index in [1.807, 2.05) is 0 Å². The molecule has 2 aliphatic rings. The van der Waals surface area contributed by atoms with Crippen LogP contribution in [-0.2, 0) is 14.2 Å². The summed E-state index contributed by atoms with van der Waals surface area (Å²) in [6, 6.07) is 16.2. The van der Waals surface area contributed by atoms with Crippen LogP contribution in [0.4, 0.5) is 4.39 Å². The first-order valence-corrected chi connectivity index (χ1v) is 10.8. The second-order valence-corrected chi connectivity index (χ2v) is 8.67. The lowest BCUT2D eigenvalue weighted by Gasteiger charge is -2.42. The number of esters is 2. The average molecular weight is 443 g/mol. The minimum absolute atomic E-state index is 0.309. The van der Waals surface area contributed by atoms with Crippen molar-refractivity contribution in [2.24, 2.45) is 4.99 Å². The summed E-state index contributed by atoms with van der Waals surface area (Å²) < 4.78 is 32.0. The number of rotatable bonds is 5. The third-order valence-electron chi connectivity index (χ3n) is 5.13. The van der Waals surface area contributed by atoms with E-state index in [4.69, 9.17) is 14.2 Å². The molecule has 0 spiro atoms. The topological polar surface area (TPSA) is 74.2 Å². The van der Waals surface area contributed by atoms with Gasteiger partial charge in [-0.15, -0.1) is 0 Å². The van der Waals surface area contributed by atoms with Gasteiger partial charge in [-0.2, -0.15) is 0 Å². The van der Waals surface area contributed by atoms with Crippen molar-refractivity contribution in [3.8, 4) is 0 Å². The SMILES string of the molecule is CC1=N[C@@H]2[C@@H](OC(=O)c3ccccc3)[C@H](OC(=O)c3ccccc3)[C@@H](C(C)F)O[C@@H]2S1. The number of nitrogens with zero attached hydrogens (tertiary/aromatic N) is 1. The Morgan fingerprint density at radius 3 is 2.00 bits per heavy atom. The Kier molecular flexibility index (Phi) is 6.38. The number of hydrogen-bond donors (Lipinski definition) is 0. The van der Waals surface area contributed by atoms with Gasteiger partial charge in [0.15, 0.2) is 12.2 Å². The fraction of sp³-hybridized carbons (Fsp3) is 0.348. The van der Waals surface area contributed by atoms with Crippen LogP contribution in [0.2, 0.25) is 0 Å². The Balaban J connectivity index is 1.65. The van der Waals surface area contributed by atoms with Gasteiger partial charge >= 0.3 is 11.9 Å². The van der Waals surface area contributed by atoms with Crippen LogP contribution in [0, 0.1) is 0 Å². The molecule has 0 amide bonds. The van der Waals surface area contributed by atoms with Crippen LogP contribution >= 0.6 is 11.8 Å². The maximum atomic E-state index is 14.6. The van der Waals surface area contributed by atoms with Gasteiger partial charge in [-0.25, -0.2) is 14.0 Å². The highest BCUT2D eigenvalue weighted by Gasteiger charge is 2.54. The molecule has 0 aliphatic carbocycles. The summed E-state index contributed by atoms with van der Waals surface area (Å²) in [6.45, 7) is 3.14. The van der Waals surface area contributed by atoms with Crippen molar-refractivity contribution in [3.05, 3.63) is 71.8 Å². The number of fused-ring (bicyclic) bond motifs is 1. The molecule has 2 aromatic carbocycles. The summed E-state index contributed by atoms with van der Waals surface area (Å²) in [5, 5.41) is 0.732. The van der Waals surface area contributed by atoms with Crippen molar-refractivity contribution >= 4 is 28.7 Å². The molecule has 1 saturated heterocycles. The Hall–Kier alpha value is -2.71. The molecule has 1 unspecified atom stereocenters. The molecular formula is C23H22FNO5S. The largest absolute Gasteiger partial charge is 0.452 e. The van der Waals surface area contributed by atoms with Crippen LogP contribution in [0.1, 0.15) is 34.6 Å². The average Bonchev–Trinajstić information content (AvgIpc) is 3.16. The first-order chi connectivity index (χ1) is 14.9. The summed E-state index contributed by atoms with van der Waals surface area (Å²) in [5.41, 5.74) is 0.127. The Labute approximate surface area is 183 Å². The van der Waals surface area contributed by atoms with Gasteiger partial charge in [0, 0.05) is 0 Å². The van der Waals surface area contributed by atoms with E-state index in [0.717, 1.165) is 5.04 Å².